The van der Waals surface area contributed by atoms with Crippen LogP contribution >= 0.6 is 0 Å². The predicted molar refractivity (Wildman–Crippen MR) is 70.4 cm³/mol. The summed E-state index contributed by atoms with van der Waals surface area (Å²) in [6.07, 6.45) is 6.82. The molecule has 0 amide bonds. The van der Waals surface area contributed by atoms with Crippen molar-refractivity contribution < 1.29 is 14.2 Å². The van der Waals surface area contributed by atoms with Gasteiger partial charge in [0.25, 0.3) is 0 Å². The molecule has 106 valence electrons. The fraction of sp³-hybridized carbons (Fsp3) is 0.786. The highest BCUT2D eigenvalue weighted by Crippen LogP contribution is 2.34. The Morgan fingerprint density at radius 3 is 3.05 bits per heavy atom. The second kappa shape index (κ2) is 5.13. The Morgan fingerprint density at radius 2 is 2.37 bits per heavy atom. The van der Waals surface area contributed by atoms with Crippen LogP contribution in [0.4, 0.5) is 0 Å². The molecule has 0 saturated carbocycles. The Hall–Kier alpha value is -1.07. The largest absolute Gasteiger partial charge is 0.487 e. The minimum absolute atomic E-state index is 0.100. The average Bonchev–Trinajstić information content (AvgIpc) is 3.00. The third kappa shape index (κ3) is 2.77. The second-order valence-corrected chi connectivity index (χ2v) is 5.82. The van der Waals surface area contributed by atoms with E-state index in [1.165, 1.54) is 0 Å². The van der Waals surface area contributed by atoms with E-state index in [-0.39, 0.29) is 11.7 Å². The van der Waals surface area contributed by atoms with Gasteiger partial charge in [-0.3, -0.25) is 4.68 Å². The van der Waals surface area contributed by atoms with Crippen molar-refractivity contribution in [2.75, 3.05) is 19.8 Å². The molecular weight excluding hydrogens is 244 g/mol. The Labute approximate surface area is 113 Å². The lowest BCUT2D eigenvalue weighted by Crippen LogP contribution is -2.44. The molecule has 1 spiro atoms. The standard InChI is InChI=1S/C14H22N2O3/c1-11(2)16-9-13(8-15-16)19-12-3-5-18-14(7-12)4-6-17-10-14/h8-9,11-12H,3-7,10H2,1-2H3. The van der Waals surface area contributed by atoms with E-state index in [2.05, 4.69) is 18.9 Å². The van der Waals surface area contributed by atoms with E-state index in [9.17, 15) is 0 Å². The number of hydrogen-bond donors (Lipinski definition) is 0. The van der Waals surface area contributed by atoms with Gasteiger partial charge in [-0.15, -0.1) is 0 Å². The highest BCUT2D eigenvalue weighted by atomic mass is 16.6. The fourth-order valence-corrected chi connectivity index (χ4v) is 2.80. The third-order valence-electron chi connectivity index (χ3n) is 3.92. The van der Waals surface area contributed by atoms with E-state index in [4.69, 9.17) is 14.2 Å². The molecule has 2 aliphatic rings. The summed E-state index contributed by atoms with van der Waals surface area (Å²) in [4.78, 5) is 0. The number of nitrogens with zero attached hydrogens (tertiary/aromatic N) is 2. The van der Waals surface area contributed by atoms with Crippen LogP contribution in [0.2, 0.25) is 0 Å². The molecule has 0 radical (unpaired) electrons. The van der Waals surface area contributed by atoms with Crippen molar-refractivity contribution in [3.05, 3.63) is 12.4 Å². The molecule has 5 nitrogen and oxygen atoms in total. The number of ether oxygens (including phenoxy) is 3. The first kappa shape index (κ1) is 12.9. The Balaban J connectivity index is 1.62. The van der Waals surface area contributed by atoms with Gasteiger partial charge in [0.2, 0.25) is 0 Å². The lowest BCUT2D eigenvalue weighted by atomic mass is 9.91. The summed E-state index contributed by atoms with van der Waals surface area (Å²) < 4.78 is 19.4. The molecule has 0 aliphatic carbocycles. The van der Waals surface area contributed by atoms with Crippen LogP contribution in [0.3, 0.4) is 0 Å². The van der Waals surface area contributed by atoms with E-state index < -0.39 is 0 Å². The van der Waals surface area contributed by atoms with Crippen molar-refractivity contribution in [2.24, 2.45) is 0 Å². The zero-order valence-corrected chi connectivity index (χ0v) is 11.7. The molecule has 2 aliphatic heterocycles. The van der Waals surface area contributed by atoms with Crippen molar-refractivity contribution in [3.8, 4) is 5.75 Å². The highest BCUT2D eigenvalue weighted by Gasteiger charge is 2.41. The van der Waals surface area contributed by atoms with Gasteiger partial charge >= 0.3 is 0 Å². The molecule has 2 unspecified atom stereocenters. The van der Waals surface area contributed by atoms with Crippen LogP contribution in [-0.4, -0.2) is 41.3 Å². The van der Waals surface area contributed by atoms with Crippen LogP contribution in [0.15, 0.2) is 12.4 Å². The molecule has 3 heterocycles. The van der Waals surface area contributed by atoms with Gasteiger partial charge in [0.05, 0.1) is 31.2 Å². The first-order valence-corrected chi connectivity index (χ1v) is 7.09. The Bertz CT molecular complexity index is 424. The molecule has 5 heteroatoms. The Kier molecular flexibility index (Phi) is 3.50. The number of rotatable bonds is 3. The minimum Gasteiger partial charge on any atom is -0.487 e. The van der Waals surface area contributed by atoms with Crippen molar-refractivity contribution in [1.29, 1.82) is 0 Å². The fourth-order valence-electron chi connectivity index (χ4n) is 2.80. The molecular formula is C14H22N2O3. The number of aromatic nitrogens is 2. The van der Waals surface area contributed by atoms with Gasteiger partial charge in [0.15, 0.2) is 5.75 Å². The third-order valence-corrected chi connectivity index (χ3v) is 3.92. The van der Waals surface area contributed by atoms with E-state index >= 15 is 0 Å². The van der Waals surface area contributed by atoms with Crippen LogP contribution in [-0.2, 0) is 9.47 Å². The molecule has 0 N–H and O–H groups in total. The van der Waals surface area contributed by atoms with Crippen molar-refractivity contribution in [3.63, 3.8) is 0 Å². The smallest absolute Gasteiger partial charge is 0.157 e. The van der Waals surface area contributed by atoms with Gasteiger partial charge in [0.1, 0.15) is 6.10 Å². The summed E-state index contributed by atoms with van der Waals surface area (Å²) in [5.41, 5.74) is -0.100. The summed E-state index contributed by atoms with van der Waals surface area (Å²) >= 11 is 0. The summed E-state index contributed by atoms with van der Waals surface area (Å²) in [7, 11) is 0. The molecule has 1 aromatic rings. The normalized spacial score (nSPS) is 31.2. The first-order chi connectivity index (χ1) is 9.17. The summed E-state index contributed by atoms with van der Waals surface area (Å²) in [5.74, 6) is 0.856. The monoisotopic (exact) mass is 266 g/mol. The minimum atomic E-state index is -0.100. The van der Waals surface area contributed by atoms with Gasteiger partial charge in [-0.05, 0) is 13.8 Å². The van der Waals surface area contributed by atoms with Gasteiger partial charge in [-0.2, -0.15) is 5.10 Å². The summed E-state index contributed by atoms with van der Waals surface area (Å²) in [6.45, 7) is 6.48. The highest BCUT2D eigenvalue weighted by molar-refractivity contribution is 5.13. The number of hydrogen-bond acceptors (Lipinski definition) is 4. The predicted octanol–water partition coefficient (Wildman–Crippen LogP) is 2.18. The first-order valence-electron chi connectivity index (χ1n) is 7.09. The second-order valence-electron chi connectivity index (χ2n) is 5.82. The lowest BCUT2D eigenvalue weighted by Gasteiger charge is -2.36. The van der Waals surface area contributed by atoms with Gasteiger partial charge in [-0.1, -0.05) is 0 Å². The topological polar surface area (TPSA) is 45.5 Å². The zero-order valence-electron chi connectivity index (χ0n) is 11.7. The maximum atomic E-state index is 6.05. The molecule has 0 aromatic carbocycles. The molecule has 3 rings (SSSR count). The maximum absolute atomic E-state index is 6.05. The SMILES string of the molecule is CC(C)n1cc(OC2CCOC3(CCOC3)C2)cn1. The lowest BCUT2D eigenvalue weighted by molar-refractivity contribution is -0.112. The Morgan fingerprint density at radius 1 is 1.47 bits per heavy atom. The van der Waals surface area contributed by atoms with Gasteiger partial charge in [0, 0.05) is 31.9 Å². The van der Waals surface area contributed by atoms with Crippen LogP contribution in [0.1, 0.15) is 39.2 Å². The van der Waals surface area contributed by atoms with Gasteiger partial charge in [-0.25, -0.2) is 0 Å². The van der Waals surface area contributed by atoms with E-state index in [1.807, 2.05) is 10.9 Å². The van der Waals surface area contributed by atoms with Crippen LogP contribution < -0.4 is 4.74 Å². The van der Waals surface area contributed by atoms with E-state index in [0.717, 1.165) is 38.2 Å². The van der Waals surface area contributed by atoms with Gasteiger partial charge < -0.3 is 14.2 Å². The van der Waals surface area contributed by atoms with Crippen LogP contribution in [0, 0.1) is 0 Å². The molecule has 19 heavy (non-hydrogen) atoms. The molecule has 2 atom stereocenters. The molecule has 1 aromatic heterocycles. The molecule has 2 fully saturated rings. The van der Waals surface area contributed by atoms with Crippen molar-refractivity contribution in [2.45, 2.75) is 50.9 Å². The zero-order chi connectivity index (χ0) is 13.3. The summed E-state index contributed by atoms with van der Waals surface area (Å²) in [5, 5.41) is 4.31. The van der Waals surface area contributed by atoms with Crippen molar-refractivity contribution >= 4 is 0 Å². The summed E-state index contributed by atoms with van der Waals surface area (Å²) in [6, 6.07) is 0.363. The van der Waals surface area contributed by atoms with E-state index in [0.29, 0.717) is 12.6 Å². The average molecular weight is 266 g/mol. The quantitative estimate of drug-likeness (QED) is 0.841. The maximum Gasteiger partial charge on any atom is 0.157 e. The molecule has 2 saturated heterocycles. The van der Waals surface area contributed by atoms with E-state index in [1.54, 1.807) is 6.20 Å². The van der Waals surface area contributed by atoms with Crippen LogP contribution in [0.5, 0.6) is 5.75 Å². The molecule has 0 bridgehead atoms. The van der Waals surface area contributed by atoms with Crippen LogP contribution in [0.25, 0.3) is 0 Å². The van der Waals surface area contributed by atoms with Crippen molar-refractivity contribution in [1.82, 2.24) is 9.78 Å².